The van der Waals surface area contributed by atoms with Crippen molar-refractivity contribution in [1.29, 1.82) is 0 Å². The summed E-state index contributed by atoms with van der Waals surface area (Å²) in [4.78, 5) is 30.6. The van der Waals surface area contributed by atoms with Gasteiger partial charge in [0, 0.05) is 55.3 Å². The van der Waals surface area contributed by atoms with Crippen molar-refractivity contribution in [2.45, 2.75) is 121 Å². The van der Waals surface area contributed by atoms with Gasteiger partial charge in [0.15, 0.2) is 0 Å². The van der Waals surface area contributed by atoms with E-state index in [1.54, 1.807) is 44.1 Å². The van der Waals surface area contributed by atoms with Gasteiger partial charge in [-0.15, -0.1) is 23.7 Å². The summed E-state index contributed by atoms with van der Waals surface area (Å²) in [7, 11) is 1.76. The number of thioether (sulfide) groups is 1. The minimum absolute atomic E-state index is 0.000122. The summed E-state index contributed by atoms with van der Waals surface area (Å²) in [6.07, 6.45) is 12.6. The molecule has 1 fully saturated rings. The second-order valence-corrected chi connectivity index (χ2v) is 13.3. The van der Waals surface area contributed by atoms with E-state index in [-0.39, 0.29) is 29.8 Å². The molecule has 7 nitrogen and oxygen atoms in total. The highest BCUT2D eigenvalue weighted by molar-refractivity contribution is 8.00. The number of aliphatic hydroxyl groups is 2. The van der Waals surface area contributed by atoms with Gasteiger partial charge in [0.1, 0.15) is 16.4 Å². The number of hydrogen-bond donors (Lipinski definition) is 2. The number of carbonyl (C=O) groups is 2. The molecule has 1 aromatic rings. The third kappa shape index (κ3) is 10.6. The van der Waals surface area contributed by atoms with E-state index in [4.69, 9.17) is 11.2 Å². The van der Waals surface area contributed by atoms with E-state index in [0.29, 0.717) is 18.7 Å². The normalized spacial score (nSPS) is 24.3. The van der Waals surface area contributed by atoms with Gasteiger partial charge in [-0.1, -0.05) is 52.8 Å². The van der Waals surface area contributed by atoms with E-state index in [1.165, 1.54) is 0 Å². The molecule has 0 saturated carbocycles. The minimum atomic E-state index is -1.01. The molecule has 1 aliphatic rings. The molecule has 2 N–H and O–H groups in total. The van der Waals surface area contributed by atoms with Crippen molar-refractivity contribution in [3.8, 4) is 12.3 Å². The van der Waals surface area contributed by atoms with Crippen molar-refractivity contribution in [2.75, 3.05) is 19.9 Å². The standard InChI is InChI=1S/C31H48N2O5S2.C2H6/c1-9-10-15-33-27(18-26(38-7)21(3)17-24-19-40-30(32-24)39-8)31(33,6)14-11-12-20(2)28(36)23(5)29(37)22(4)25(35)13-16-34;1-2/h1,16-17,19-20,22-23,25-28,35-36H,10-15,18H2,2-8H3;1-2H3/b21-17+;/t20-,22?,23+,25-,26?,27?,28?,31+,33?;/m0./s1. The largest absolute Gasteiger partial charge is 0.392 e. The maximum Gasteiger partial charge on any atom is 0.150 e. The van der Waals surface area contributed by atoms with Crippen LogP contribution in [0.1, 0.15) is 92.7 Å². The van der Waals surface area contributed by atoms with Crippen molar-refractivity contribution in [3.63, 3.8) is 0 Å². The van der Waals surface area contributed by atoms with Crippen LogP contribution in [0.15, 0.2) is 15.3 Å². The molecule has 0 bridgehead atoms. The third-order valence-corrected chi connectivity index (χ3v) is 10.6. The van der Waals surface area contributed by atoms with E-state index < -0.39 is 24.0 Å². The van der Waals surface area contributed by atoms with Gasteiger partial charge in [0.2, 0.25) is 0 Å². The molecule has 0 aliphatic carbocycles. The first-order valence-corrected chi connectivity index (χ1v) is 17.3. The Morgan fingerprint density at radius 1 is 1.31 bits per heavy atom. The lowest BCUT2D eigenvalue weighted by molar-refractivity contribution is -0.134. The van der Waals surface area contributed by atoms with Crippen molar-refractivity contribution in [3.05, 3.63) is 16.6 Å². The Bertz CT molecular complexity index is 1040. The van der Waals surface area contributed by atoms with Gasteiger partial charge in [-0.25, -0.2) is 4.98 Å². The van der Waals surface area contributed by atoms with Gasteiger partial charge in [-0.2, -0.15) is 0 Å². The third-order valence-electron chi connectivity index (χ3n) is 8.71. The van der Waals surface area contributed by atoms with E-state index in [1.807, 2.05) is 27.0 Å². The quantitative estimate of drug-likeness (QED) is 0.0824. The lowest BCUT2D eigenvalue weighted by Gasteiger charge is -2.27. The SMILES string of the molecule is C#CCCN1C(CC(OC)/C(C)=C/c2csc(SC)n2)[C@@]1(C)CCC[C@H](C)C(O)[C@@H](C)C(=O)C(C)[C@@H](O)CC=O.CC. The number of ether oxygens (including phenoxy) is 1. The molecule has 9 heteroatoms. The molecule has 2 heterocycles. The number of methoxy groups -OCH3 is 1. The van der Waals surface area contributed by atoms with Crippen molar-refractivity contribution < 1.29 is 24.5 Å². The minimum Gasteiger partial charge on any atom is -0.392 e. The van der Waals surface area contributed by atoms with Crippen LogP contribution in [-0.2, 0) is 14.3 Å². The summed E-state index contributed by atoms with van der Waals surface area (Å²) in [6, 6.07) is 0.340. The number of aldehydes is 1. The summed E-state index contributed by atoms with van der Waals surface area (Å²) in [6.45, 7) is 14.5. The Balaban J connectivity index is 0.00000431. The van der Waals surface area contributed by atoms with Gasteiger partial charge in [-0.3, -0.25) is 9.69 Å². The van der Waals surface area contributed by atoms with Crippen LogP contribution < -0.4 is 0 Å². The van der Waals surface area contributed by atoms with Gasteiger partial charge in [-0.05, 0) is 56.9 Å². The maximum atomic E-state index is 12.8. The second-order valence-electron chi connectivity index (χ2n) is 11.4. The van der Waals surface area contributed by atoms with Gasteiger partial charge < -0.3 is 19.7 Å². The average molecular weight is 623 g/mol. The maximum absolute atomic E-state index is 12.8. The zero-order chi connectivity index (χ0) is 32.0. The van der Waals surface area contributed by atoms with Crippen LogP contribution in [0.4, 0.5) is 0 Å². The first-order valence-electron chi connectivity index (χ1n) is 15.2. The number of hydrogen-bond acceptors (Lipinski definition) is 9. The molecule has 1 aliphatic heterocycles. The highest BCUT2D eigenvalue weighted by Crippen LogP contribution is 2.48. The smallest absolute Gasteiger partial charge is 0.150 e. The Kier molecular flexibility index (Phi) is 17.4. The summed E-state index contributed by atoms with van der Waals surface area (Å²) in [5.74, 6) is 1.19. The Morgan fingerprint density at radius 3 is 2.52 bits per heavy atom. The molecule has 0 amide bonds. The van der Waals surface area contributed by atoms with Crippen molar-refractivity contribution in [2.24, 2.45) is 17.8 Å². The molecule has 9 atom stereocenters. The van der Waals surface area contributed by atoms with Crippen LogP contribution in [0, 0.1) is 30.1 Å². The molecular formula is C33H54N2O5S2. The Morgan fingerprint density at radius 2 is 1.98 bits per heavy atom. The van der Waals surface area contributed by atoms with E-state index in [9.17, 15) is 19.8 Å². The lowest BCUT2D eigenvalue weighted by atomic mass is 9.81. The zero-order valence-corrected chi connectivity index (χ0v) is 28.8. The number of thiazole rings is 1. The first-order chi connectivity index (χ1) is 19.9. The number of rotatable bonds is 19. The number of terminal acetylenes is 1. The molecule has 1 aromatic heterocycles. The first kappa shape index (κ1) is 38.5. The molecule has 0 aromatic carbocycles. The van der Waals surface area contributed by atoms with Crippen LogP contribution in [0.5, 0.6) is 0 Å². The monoisotopic (exact) mass is 622 g/mol. The fourth-order valence-corrected chi connectivity index (χ4v) is 7.04. The highest BCUT2D eigenvalue weighted by Gasteiger charge is 2.57. The molecule has 1 saturated heterocycles. The van der Waals surface area contributed by atoms with Crippen LogP contribution >= 0.6 is 23.1 Å². The van der Waals surface area contributed by atoms with Gasteiger partial charge in [0.25, 0.3) is 0 Å². The zero-order valence-electron chi connectivity index (χ0n) is 27.1. The number of nitrogens with zero attached hydrogens (tertiary/aromatic N) is 2. The van der Waals surface area contributed by atoms with Crippen molar-refractivity contribution >= 4 is 41.2 Å². The van der Waals surface area contributed by atoms with Gasteiger partial charge in [0.05, 0.1) is 24.0 Å². The summed E-state index contributed by atoms with van der Waals surface area (Å²) < 4.78 is 6.97. The van der Waals surface area contributed by atoms with Gasteiger partial charge >= 0.3 is 0 Å². The predicted octanol–water partition coefficient (Wildman–Crippen LogP) is 6.12. The molecule has 5 unspecified atom stereocenters. The second kappa shape index (κ2) is 19.0. The highest BCUT2D eigenvalue weighted by atomic mass is 32.2. The fourth-order valence-electron chi connectivity index (χ4n) is 5.81. The molecule has 2 rings (SSSR count). The molecule has 0 spiro atoms. The summed E-state index contributed by atoms with van der Waals surface area (Å²) in [5.41, 5.74) is 2.11. The van der Waals surface area contributed by atoms with E-state index in [2.05, 4.69) is 41.1 Å². The van der Waals surface area contributed by atoms with Crippen molar-refractivity contribution in [1.82, 2.24) is 9.88 Å². The summed E-state index contributed by atoms with van der Waals surface area (Å²) in [5, 5.41) is 23.0. The van der Waals surface area contributed by atoms with Crippen LogP contribution in [0.25, 0.3) is 6.08 Å². The molecule has 0 radical (unpaired) electrons. The number of carbonyl (C=O) groups excluding carboxylic acids is 2. The van der Waals surface area contributed by atoms with E-state index >= 15 is 0 Å². The summed E-state index contributed by atoms with van der Waals surface area (Å²) >= 11 is 3.29. The van der Waals surface area contributed by atoms with Crippen LogP contribution in [0.2, 0.25) is 0 Å². The number of Topliss-reactive ketones (excluding diaryl/α,β-unsaturated/α-hetero) is 1. The van der Waals surface area contributed by atoms with E-state index in [0.717, 1.165) is 47.8 Å². The fraction of sp³-hybridized carbons (Fsp3) is 0.727. The van der Waals surface area contributed by atoms with Crippen LogP contribution in [-0.4, -0.2) is 82.0 Å². The Labute approximate surface area is 262 Å². The predicted molar refractivity (Wildman–Crippen MR) is 176 cm³/mol. The molecule has 238 valence electrons. The topological polar surface area (TPSA) is 99.7 Å². The number of aliphatic hydroxyl groups excluding tert-OH is 2. The van der Waals surface area contributed by atoms with Crippen LogP contribution in [0.3, 0.4) is 0 Å². The molecular weight excluding hydrogens is 569 g/mol. The molecule has 42 heavy (non-hydrogen) atoms. The Hall–Kier alpha value is -1.54. The number of aromatic nitrogens is 1. The lowest BCUT2D eigenvalue weighted by Crippen LogP contribution is -2.38. The number of ketones is 1. The average Bonchev–Trinajstić information content (AvgIpc) is 3.28.